The molecular formula is C30H30ClNO5. The van der Waals surface area contributed by atoms with E-state index < -0.39 is 17.7 Å². The van der Waals surface area contributed by atoms with E-state index in [1.165, 1.54) is 18.1 Å². The van der Waals surface area contributed by atoms with E-state index in [0.717, 1.165) is 22.4 Å². The summed E-state index contributed by atoms with van der Waals surface area (Å²) in [6.45, 7) is 6.89. The lowest BCUT2D eigenvalue weighted by Crippen LogP contribution is -2.29. The van der Waals surface area contributed by atoms with E-state index in [0.29, 0.717) is 23.8 Å². The van der Waals surface area contributed by atoms with Crippen LogP contribution in [-0.2, 0) is 16.1 Å². The van der Waals surface area contributed by atoms with Crippen molar-refractivity contribution in [3.05, 3.63) is 99.6 Å². The number of hydrogen-bond donors (Lipinski definition) is 1. The number of amides is 1. The Morgan fingerprint density at radius 1 is 1.05 bits per heavy atom. The van der Waals surface area contributed by atoms with Gasteiger partial charge in [0.15, 0.2) is 0 Å². The summed E-state index contributed by atoms with van der Waals surface area (Å²) in [6.07, 6.45) is 0. The van der Waals surface area contributed by atoms with Crippen LogP contribution in [0.4, 0.5) is 0 Å². The molecule has 1 aliphatic heterocycles. The number of aryl methyl sites for hydroxylation is 1. The first-order valence-corrected chi connectivity index (χ1v) is 12.5. The molecule has 192 valence electrons. The SMILES string of the molecule is COc1ccc(/C(O)=C2/C(=O)C(=O)N(Cc3ccc(OCC(C)C)cc3)C2c2cccc(C)c2)cc1Cl. The van der Waals surface area contributed by atoms with Gasteiger partial charge in [0.05, 0.1) is 30.4 Å². The predicted molar refractivity (Wildman–Crippen MR) is 144 cm³/mol. The monoisotopic (exact) mass is 519 g/mol. The third kappa shape index (κ3) is 5.65. The normalized spacial score (nSPS) is 16.9. The zero-order chi connectivity index (χ0) is 26.7. The number of rotatable bonds is 8. The summed E-state index contributed by atoms with van der Waals surface area (Å²) in [5.74, 6) is -0.114. The molecule has 0 aromatic heterocycles. The molecule has 1 atom stereocenters. The Kier molecular flexibility index (Phi) is 7.89. The van der Waals surface area contributed by atoms with Crippen LogP contribution in [0.15, 0.2) is 72.3 Å². The molecule has 3 aromatic rings. The molecule has 0 aliphatic carbocycles. The Hall–Kier alpha value is -3.77. The Labute approximate surface area is 222 Å². The van der Waals surface area contributed by atoms with Crippen LogP contribution < -0.4 is 9.47 Å². The van der Waals surface area contributed by atoms with E-state index in [2.05, 4.69) is 13.8 Å². The largest absolute Gasteiger partial charge is 0.507 e. The molecule has 0 radical (unpaired) electrons. The standard InChI is InChI=1S/C30H30ClNO5/c1-18(2)17-37-23-11-8-20(9-12-23)16-32-27(21-7-5-6-19(3)14-21)26(29(34)30(32)35)28(33)22-10-13-25(36-4)24(31)15-22/h5-15,18,27,33H,16-17H2,1-4H3/b28-26-. The minimum Gasteiger partial charge on any atom is -0.507 e. The van der Waals surface area contributed by atoms with Crippen LogP contribution in [0.5, 0.6) is 11.5 Å². The van der Waals surface area contributed by atoms with Gasteiger partial charge in [-0.2, -0.15) is 0 Å². The van der Waals surface area contributed by atoms with Gasteiger partial charge in [0, 0.05) is 12.1 Å². The molecule has 0 spiro atoms. The highest BCUT2D eigenvalue weighted by molar-refractivity contribution is 6.46. The molecule has 37 heavy (non-hydrogen) atoms. The van der Waals surface area contributed by atoms with Crippen LogP contribution >= 0.6 is 11.6 Å². The maximum absolute atomic E-state index is 13.3. The average Bonchev–Trinajstić information content (AvgIpc) is 3.12. The summed E-state index contributed by atoms with van der Waals surface area (Å²) in [6, 6.07) is 19.0. The Morgan fingerprint density at radius 2 is 1.78 bits per heavy atom. The molecule has 1 saturated heterocycles. The minimum absolute atomic E-state index is 0.0220. The first kappa shape index (κ1) is 26.3. The molecule has 1 unspecified atom stereocenters. The molecule has 1 amide bonds. The van der Waals surface area contributed by atoms with E-state index in [9.17, 15) is 14.7 Å². The van der Waals surface area contributed by atoms with Crippen molar-refractivity contribution in [2.75, 3.05) is 13.7 Å². The number of likely N-dealkylation sites (tertiary alicyclic amines) is 1. The molecule has 4 rings (SSSR count). The summed E-state index contributed by atoms with van der Waals surface area (Å²) < 4.78 is 11.0. The van der Waals surface area contributed by atoms with Crippen LogP contribution in [0.3, 0.4) is 0 Å². The second kappa shape index (κ2) is 11.1. The summed E-state index contributed by atoms with van der Waals surface area (Å²) in [5.41, 5.74) is 2.89. The van der Waals surface area contributed by atoms with Gasteiger partial charge >= 0.3 is 0 Å². The van der Waals surface area contributed by atoms with Crippen molar-refractivity contribution in [3.8, 4) is 11.5 Å². The number of aliphatic hydroxyl groups is 1. The van der Waals surface area contributed by atoms with Crippen LogP contribution in [0.1, 0.15) is 42.1 Å². The van der Waals surface area contributed by atoms with Crippen molar-refractivity contribution in [1.82, 2.24) is 4.90 Å². The molecular weight excluding hydrogens is 490 g/mol. The fraction of sp³-hybridized carbons (Fsp3) is 0.267. The number of ether oxygens (including phenoxy) is 2. The van der Waals surface area contributed by atoms with Gasteiger partial charge < -0.3 is 19.5 Å². The predicted octanol–water partition coefficient (Wildman–Crippen LogP) is 6.31. The lowest BCUT2D eigenvalue weighted by atomic mass is 9.94. The van der Waals surface area contributed by atoms with Crippen molar-refractivity contribution < 1.29 is 24.2 Å². The van der Waals surface area contributed by atoms with Gasteiger partial charge in [-0.3, -0.25) is 9.59 Å². The summed E-state index contributed by atoms with van der Waals surface area (Å²) in [7, 11) is 1.49. The van der Waals surface area contributed by atoms with Crippen molar-refractivity contribution in [3.63, 3.8) is 0 Å². The zero-order valence-corrected chi connectivity index (χ0v) is 22.1. The number of benzene rings is 3. The van der Waals surface area contributed by atoms with Gasteiger partial charge in [-0.25, -0.2) is 0 Å². The first-order valence-electron chi connectivity index (χ1n) is 12.1. The highest BCUT2D eigenvalue weighted by Gasteiger charge is 2.46. The molecule has 1 heterocycles. The maximum atomic E-state index is 13.3. The number of ketones is 1. The zero-order valence-electron chi connectivity index (χ0n) is 21.3. The summed E-state index contributed by atoms with van der Waals surface area (Å²) >= 11 is 6.28. The molecule has 1 N–H and O–H groups in total. The van der Waals surface area contributed by atoms with Gasteiger partial charge in [0.1, 0.15) is 17.3 Å². The quantitative estimate of drug-likeness (QED) is 0.214. The molecule has 0 bridgehead atoms. The Morgan fingerprint density at radius 3 is 2.41 bits per heavy atom. The average molecular weight is 520 g/mol. The second-order valence-corrected chi connectivity index (χ2v) is 9.95. The van der Waals surface area contributed by atoms with Crippen LogP contribution in [0.2, 0.25) is 5.02 Å². The number of methoxy groups -OCH3 is 1. The van der Waals surface area contributed by atoms with E-state index in [1.54, 1.807) is 12.1 Å². The van der Waals surface area contributed by atoms with E-state index in [4.69, 9.17) is 21.1 Å². The fourth-order valence-corrected chi connectivity index (χ4v) is 4.61. The van der Waals surface area contributed by atoms with Gasteiger partial charge in [-0.15, -0.1) is 0 Å². The molecule has 6 nitrogen and oxygen atoms in total. The van der Waals surface area contributed by atoms with Gasteiger partial charge in [-0.1, -0.05) is 67.4 Å². The number of aliphatic hydroxyl groups excluding tert-OH is 1. The van der Waals surface area contributed by atoms with Crippen LogP contribution in [0, 0.1) is 12.8 Å². The highest BCUT2D eigenvalue weighted by atomic mass is 35.5. The first-order chi connectivity index (χ1) is 17.7. The van der Waals surface area contributed by atoms with Gasteiger partial charge in [0.25, 0.3) is 11.7 Å². The topological polar surface area (TPSA) is 76.1 Å². The molecule has 7 heteroatoms. The smallest absolute Gasteiger partial charge is 0.295 e. The second-order valence-electron chi connectivity index (χ2n) is 9.54. The number of hydrogen-bond acceptors (Lipinski definition) is 5. The maximum Gasteiger partial charge on any atom is 0.295 e. The van der Waals surface area contributed by atoms with E-state index in [1.807, 2.05) is 55.5 Å². The number of carbonyl (C=O) groups is 2. The van der Waals surface area contributed by atoms with Crippen LogP contribution in [0.25, 0.3) is 5.76 Å². The van der Waals surface area contributed by atoms with Crippen molar-refractivity contribution in [2.24, 2.45) is 5.92 Å². The Balaban J connectivity index is 1.75. The third-order valence-electron chi connectivity index (χ3n) is 6.18. The minimum atomic E-state index is -0.766. The number of carbonyl (C=O) groups excluding carboxylic acids is 2. The molecule has 1 fully saturated rings. The van der Waals surface area contributed by atoms with E-state index >= 15 is 0 Å². The third-order valence-corrected chi connectivity index (χ3v) is 6.48. The summed E-state index contributed by atoms with van der Waals surface area (Å²) in [5, 5.41) is 11.6. The molecule has 3 aromatic carbocycles. The molecule has 1 aliphatic rings. The van der Waals surface area contributed by atoms with Gasteiger partial charge in [0.2, 0.25) is 0 Å². The highest BCUT2D eigenvalue weighted by Crippen LogP contribution is 2.41. The lowest BCUT2D eigenvalue weighted by molar-refractivity contribution is -0.140. The number of nitrogens with zero attached hydrogens (tertiary/aromatic N) is 1. The van der Waals surface area contributed by atoms with Gasteiger partial charge in [-0.05, 0) is 54.3 Å². The van der Waals surface area contributed by atoms with Crippen molar-refractivity contribution in [1.29, 1.82) is 0 Å². The van der Waals surface area contributed by atoms with Crippen LogP contribution in [-0.4, -0.2) is 35.4 Å². The number of halogens is 1. The molecule has 0 saturated carbocycles. The summed E-state index contributed by atoms with van der Waals surface area (Å²) in [4.78, 5) is 28.1. The lowest BCUT2D eigenvalue weighted by Gasteiger charge is -2.26. The van der Waals surface area contributed by atoms with Crippen molar-refractivity contribution in [2.45, 2.75) is 33.4 Å². The fourth-order valence-electron chi connectivity index (χ4n) is 4.35. The Bertz CT molecular complexity index is 1350. The van der Waals surface area contributed by atoms with E-state index in [-0.39, 0.29) is 22.9 Å². The number of Topliss-reactive ketones (excluding diaryl/α,β-unsaturated/α-hetero) is 1. The van der Waals surface area contributed by atoms with Crippen molar-refractivity contribution >= 4 is 29.1 Å².